The molecule has 0 aliphatic rings. The largest absolute Gasteiger partial charge is 0.481 e. The highest BCUT2D eigenvalue weighted by molar-refractivity contribution is 5.76. The number of pyridine rings is 1. The quantitative estimate of drug-likeness (QED) is 0.799. The van der Waals surface area contributed by atoms with E-state index in [4.69, 9.17) is 0 Å². The number of hydrogen-bond donors (Lipinski definition) is 1. The molecule has 106 valence electrons. The topological polar surface area (TPSA) is 54.6 Å². The highest BCUT2D eigenvalue weighted by atomic mass is 16.4. The van der Waals surface area contributed by atoms with Crippen molar-refractivity contribution in [3.05, 3.63) is 71.7 Å². The maximum Gasteiger partial charge on any atom is 0.312 e. The predicted molar refractivity (Wildman–Crippen MR) is 80.5 cm³/mol. The Balaban J connectivity index is 2.05. The zero-order valence-electron chi connectivity index (χ0n) is 11.7. The van der Waals surface area contributed by atoms with Crippen molar-refractivity contribution in [3.63, 3.8) is 0 Å². The molecular formula is C17H16N2O2. The fraction of sp³-hybridized carbons (Fsp3) is 0.176. The minimum absolute atomic E-state index is 0.472. The Bertz CT molecular complexity index is 792. The molecule has 0 fully saturated rings. The lowest BCUT2D eigenvalue weighted by molar-refractivity contribution is -0.138. The van der Waals surface area contributed by atoms with Crippen molar-refractivity contribution in [3.8, 4) is 0 Å². The first kappa shape index (κ1) is 13.4. The normalized spacial score (nSPS) is 12.4. The van der Waals surface area contributed by atoms with E-state index >= 15 is 0 Å². The minimum atomic E-state index is -0.820. The molecule has 3 rings (SSSR count). The lowest BCUT2D eigenvalue weighted by Gasteiger charge is -2.16. The fourth-order valence-electron chi connectivity index (χ4n) is 2.63. The summed E-state index contributed by atoms with van der Waals surface area (Å²) in [5.74, 6) is -1.41. The maximum atomic E-state index is 11.7. The van der Waals surface area contributed by atoms with Crippen LogP contribution in [0.25, 0.3) is 5.65 Å². The van der Waals surface area contributed by atoms with Gasteiger partial charge in [-0.25, -0.2) is 4.98 Å². The molecule has 3 aromatic rings. The van der Waals surface area contributed by atoms with Gasteiger partial charge in [0, 0.05) is 18.1 Å². The maximum absolute atomic E-state index is 11.7. The molecule has 0 radical (unpaired) electrons. The standard InChI is InChI=1S/C17H16N2O2/c1-12-5-2-3-6-13(12)11-14(17(20)21)15-7-4-8-16-18-9-10-19(15)16/h2-10,14H,11H2,1H3,(H,20,21). The van der Waals surface area contributed by atoms with E-state index in [1.54, 1.807) is 12.4 Å². The molecule has 2 heterocycles. The lowest BCUT2D eigenvalue weighted by Crippen LogP contribution is -2.17. The van der Waals surface area contributed by atoms with Crippen LogP contribution in [0.5, 0.6) is 0 Å². The molecule has 21 heavy (non-hydrogen) atoms. The highest BCUT2D eigenvalue weighted by Crippen LogP contribution is 2.24. The first-order valence-electron chi connectivity index (χ1n) is 6.86. The summed E-state index contributed by atoms with van der Waals surface area (Å²) in [6.45, 7) is 2.01. The molecule has 0 aliphatic heterocycles. The molecule has 2 aromatic heterocycles. The Hall–Kier alpha value is -2.62. The molecule has 0 amide bonds. The number of aliphatic carboxylic acids is 1. The van der Waals surface area contributed by atoms with Crippen LogP contribution in [0.3, 0.4) is 0 Å². The second-order valence-corrected chi connectivity index (χ2v) is 5.13. The summed E-state index contributed by atoms with van der Waals surface area (Å²) in [6.07, 6.45) is 3.96. The van der Waals surface area contributed by atoms with Gasteiger partial charge in [-0.1, -0.05) is 30.3 Å². The van der Waals surface area contributed by atoms with Crippen LogP contribution in [0.2, 0.25) is 0 Å². The molecule has 0 spiro atoms. The molecule has 0 saturated carbocycles. The van der Waals surface area contributed by atoms with Crippen LogP contribution in [-0.4, -0.2) is 20.5 Å². The van der Waals surface area contributed by atoms with Gasteiger partial charge >= 0.3 is 5.97 Å². The van der Waals surface area contributed by atoms with Gasteiger partial charge in [0.15, 0.2) is 0 Å². The first-order valence-corrected chi connectivity index (χ1v) is 6.86. The molecule has 1 unspecified atom stereocenters. The van der Waals surface area contributed by atoms with Crippen molar-refractivity contribution in [2.75, 3.05) is 0 Å². The van der Waals surface area contributed by atoms with Crippen LogP contribution >= 0.6 is 0 Å². The minimum Gasteiger partial charge on any atom is -0.481 e. The van der Waals surface area contributed by atoms with Gasteiger partial charge in [0.05, 0.1) is 0 Å². The number of aromatic nitrogens is 2. The number of carboxylic acids is 1. The summed E-state index contributed by atoms with van der Waals surface area (Å²) in [4.78, 5) is 16.0. The van der Waals surface area contributed by atoms with Gasteiger partial charge in [-0.15, -0.1) is 0 Å². The van der Waals surface area contributed by atoms with E-state index < -0.39 is 11.9 Å². The van der Waals surface area contributed by atoms with Gasteiger partial charge in [-0.3, -0.25) is 4.79 Å². The van der Waals surface area contributed by atoms with E-state index in [2.05, 4.69) is 4.98 Å². The second-order valence-electron chi connectivity index (χ2n) is 5.13. The van der Waals surface area contributed by atoms with Crippen molar-refractivity contribution < 1.29 is 9.90 Å². The average Bonchev–Trinajstić information content (AvgIpc) is 2.94. The van der Waals surface area contributed by atoms with E-state index in [0.717, 1.165) is 22.5 Å². The average molecular weight is 280 g/mol. The van der Waals surface area contributed by atoms with Crippen molar-refractivity contribution in [2.24, 2.45) is 0 Å². The second kappa shape index (κ2) is 5.40. The number of fused-ring (bicyclic) bond motifs is 1. The molecule has 4 heteroatoms. The number of rotatable bonds is 4. The fourth-order valence-corrected chi connectivity index (χ4v) is 2.63. The Morgan fingerprint density at radius 2 is 2.05 bits per heavy atom. The summed E-state index contributed by atoms with van der Waals surface area (Å²) < 4.78 is 1.84. The third-order valence-corrected chi connectivity index (χ3v) is 3.80. The van der Waals surface area contributed by atoms with Gasteiger partial charge in [0.1, 0.15) is 11.6 Å². The van der Waals surface area contributed by atoms with Crippen LogP contribution in [0.4, 0.5) is 0 Å². The molecule has 4 nitrogen and oxygen atoms in total. The van der Waals surface area contributed by atoms with Crippen LogP contribution in [0, 0.1) is 6.92 Å². The Morgan fingerprint density at radius 3 is 2.81 bits per heavy atom. The van der Waals surface area contributed by atoms with Gasteiger partial charge in [0.25, 0.3) is 0 Å². The summed E-state index contributed by atoms with van der Waals surface area (Å²) in [6, 6.07) is 13.5. The first-order chi connectivity index (χ1) is 10.2. The van der Waals surface area contributed by atoms with Crippen LogP contribution in [-0.2, 0) is 11.2 Å². The van der Waals surface area contributed by atoms with Gasteiger partial charge < -0.3 is 9.51 Å². The lowest BCUT2D eigenvalue weighted by atomic mass is 9.93. The molecule has 0 saturated heterocycles. The third-order valence-electron chi connectivity index (χ3n) is 3.80. The zero-order valence-corrected chi connectivity index (χ0v) is 11.7. The van der Waals surface area contributed by atoms with Crippen molar-refractivity contribution in [1.82, 2.24) is 9.38 Å². The molecule has 1 N–H and O–H groups in total. The molecule has 1 aromatic carbocycles. The van der Waals surface area contributed by atoms with E-state index in [9.17, 15) is 9.90 Å². The number of benzene rings is 1. The van der Waals surface area contributed by atoms with E-state index in [0.29, 0.717) is 6.42 Å². The smallest absolute Gasteiger partial charge is 0.312 e. The summed E-state index contributed by atoms with van der Waals surface area (Å²) in [7, 11) is 0. The van der Waals surface area contributed by atoms with Crippen molar-refractivity contribution in [1.29, 1.82) is 0 Å². The number of hydrogen-bond acceptors (Lipinski definition) is 2. The molecule has 0 bridgehead atoms. The summed E-state index contributed by atoms with van der Waals surface area (Å²) >= 11 is 0. The molecule has 0 aliphatic carbocycles. The van der Waals surface area contributed by atoms with Crippen molar-refractivity contribution in [2.45, 2.75) is 19.3 Å². The Labute approximate surface area is 122 Å². The van der Waals surface area contributed by atoms with E-state index in [-0.39, 0.29) is 0 Å². The highest BCUT2D eigenvalue weighted by Gasteiger charge is 2.23. The predicted octanol–water partition coefficient (Wildman–Crippen LogP) is 3.05. The zero-order chi connectivity index (χ0) is 14.8. The van der Waals surface area contributed by atoms with Gasteiger partial charge in [0.2, 0.25) is 0 Å². The monoisotopic (exact) mass is 280 g/mol. The molecule has 1 atom stereocenters. The number of aryl methyl sites for hydroxylation is 1. The number of nitrogens with zero attached hydrogens (tertiary/aromatic N) is 2. The van der Waals surface area contributed by atoms with Crippen LogP contribution in [0.15, 0.2) is 54.9 Å². The number of imidazole rings is 1. The van der Waals surface area contributed by atoms with Crippen molar-refractivity contribution >= 4 is 11.6 Å². The van der Waals surface area contributed by atoms with E-state index in [1.807, 2.05) is 53.8 Å². The molecular weight excluding hydrogens is 264 g/mol. The summed E-state index contributed by atoms with van der Waals surface area (Å²) in [5, 5.41) is 9.64. The Morgan fingerprint density at radius 1 is 1.24 bits per heavy atom. The van der Waals surface area contributed by atoms with Gasteiger partial charge in [-0.05, 0) is 36.6 Å². The number of carboxylic acid groups (broad SMARTS) is 1. The summed E-state index contributed by atoms with van der Waals surface area (Å²) in [5.41, 5.74) is 3.69. The van der Waals surface area contributed by atoms with Gasteiger partial charge in [-0.2, -0.15) is 0 Å². The Kier molecular flexibility index (Phi) is 3.44. The SMILES string of the molecule is Cc1ccccc1CC(C(=O)O)c1cccc2nccn12. The third kappa shape index (κ3) is 2.52. The van der Waals surface area contributed by atoms with E-state index in [1.165, 1.54) is 0 Å². The van der Waals surface area contributed by atoms with Crippen LogP contribution in [0.1, 0.15) is 22.7 Å². The van der Waals surface area contributed by atoms with Crippen LogP contribution < -0.4 is 0 Å². The number of carbonyl (C=O) groups is 1.